The van der Waals surface area contributed by atoms with Crippen LogP contribution in [0.3, 0.4) is 0 Å². The first-order valence-electron chi connectivity index (χ1n) is 9.47. The van der Waals surface area contributed by atoms with Gasteiger partial charge < -0.3 is 4.57 Å². The van der Waals surface area contributed by atoms with Crippen molar-refractivity contribution in [3.63, 3.8) is 0 Å². The molecule has 2 unspecified atom stereocenters. The quantitative estimate of drug-likeness (QED) is 0.338. The molecule has 1 aliphatic carbocycles. The zero-order valence-corrected chi connectivity index (χ0v) is 18.2. The van der Waals surface area contributed by atoms with Gasteiger partial charge in [-0.1, -0.05) is 71.9 Å². The van der Waals surface area contributed by atoms with Crippen molar-refractivity contribution >= 4 is 34.7 Å². The van der Waals surface area contributed by atoms with Crippen molar-refractivity contribution in [1.82, 2.24) is 19.7 Å². The van der Waals surface area contributed by atoms with Crippen LogP contribution in [0.1, 0.15) is 35.3 Å². The minimum absolute atomic E-state index is 0.468. The fourth-order valence-corrected chi connectivity index (χ4v) is 5.65. The first kappa shape index (κ1) is 18.9. The van der Waals surface area contributed by atoms with Crippen LogP contribution in [0.5, 0.6) is 0 Å². The molecule has 1 saturated carbocycles. The van der Waals surface area contributed by atoms with Crippen LogP contribution in [0.2, 0.25) is 5.02 Å². The minimum atomic E-state index is 0.468. The van der Waals surface area contributed by atoms with Crippen molar-refractivity contribution < 1.29 is 0 Å². The third-order valence-corrected chi connectivity index (χ3v) is 7.53. The van der Waals surface area contributed by atoms with E-state index in [4.69, 9.17) is 16.6 Å². The van der Waals surface area contributed by atoms with E-state index in [9.17, 15) is 0 Å². The molecule has 0 saturated heterocycles. The Balaban J connectivity index is 1.26. The smallest absolute Gasteiger partial charge is 0.191 e. The molecule has 29 heavy (non-hydrogen) atoms. The number of thiazole rings is 1. The van der Waals surface area contributed by atoms with Crippen molar-refractivity contribution in [3.8, 4) is 10.6 Å². The van der Waals surface area contributed by atoms with Gasteiger partial charge in [0, 0.05) is 29.7 Å². The summed E-state index contributed by atoms with van der Waals surface area (Å²) >= 11 is 9.59. The molecular weight excluding hydrogens is 420 g/mol. The van der Waals surface area contributed by atoms with E-state index < -0.39 is 0 Å². The highest BCUT2D eigenvalue weighted by atomic mass is 35.5. The number of aromatic nitrogens is 4. The van der Waals surface area contributed by atoms with Crippen LogP contribution in [0.15, 0.2) is 65.1 Å². The summed E-state index contributed by atoms with van der Waals surface area (Å²) in [5.74, 6) is 2.88. The lowest BCUT2D eigenvalue weighted by molar-refractivity contribution is 0.730. The van der Waals surface area contributed by atoms with Crippen LogP contribution in [-0.4, -0.2) is 19.7 Å². The van der Waals surface area contributed by atoms with Crippen LogP contribution in [0.4, 0.5) is 0 Å². The van der Waals surface area contributed by atoms with Gasteiger partial charge in [-0.2, -0.15) is 0 Å². The normalized spacial score (nSPS) is 18.1. The van der Waals surface area contributed by atoms with Gasteiger partial charge in [0.2, 0.25) is 0 Å². The number of hydrogen-bond acceptors (Lipinski definition) is 5. The Morgan fingerprint density at radius 1 is 1.07 bits per heavy atom. The molecule has 1 aliphatic rings. The third-order valence-electron chi connectivity index (χ3n) is 5.22. The van der Waals surface area contributed by atoms with E-state index in [2.05, 4.69) is 57.5 Å². The summed E-state index contributed by atoms with van der Waals surface area (Å²) in [6, 6.07) is 18.5. The lowest BCUT2D eigenvalue weighted by Crippen LogP contribution is -1.98. The minimum Gasteiger partial charge on any atom is -0.309 e. The molecule has 0 spiro atoms. The standard InChI is InChI=1S/C22H19ClN4S2/c1-27-20(18-11-17(18)14-7-3-2-4-8-14)25-26-22(27)29-13-15-12-28-21(24-15)16-9-5-6-10-19(16)23/h2-10,12,17-18H,11,13H2,1H3. The SMILES string of the molecule is Cn1c(SCc2csc(-c3ccccc3Cl)n2)nnc1C1CC1c1ccccc1. The van der Waals surface area contributed by atoms with E-state index in [1.54, 1.807) is 23.1 Å². The fraction of sp³-hybridized carbons (Fsp3) is 0.227. The third kappa shape index (κ3) is 3.84. The second-order valence-electron chi connectivity index (χ2n) is 7.17. The van der Waals surface area contributed by atoms with Crippen molar-refractivity contribution in [2.45, 2.75) is 29.2 Å². The number of benzene rings is 2. The highest BCUT2D eigenvalue weighted by Crippen LogP contribution is 2.54. The van der Waals surface area contributed by atoms with Crippen LogP contribution < -0.4 is 0 Å². The molecule has 0 N–H and O–H groups in total. The first-order valence-corrected chi connectivity index (χ1v) is 11.7. The van der Waals surface area contributed by atoms with E-state index in [1.165, 1.54) is 5.56 Å². The zero-order valence-electron chi connectivity index (χ0n) is 15.8. The molecule has 0 bridgehead atoms. The van der Waals surface area contributed by atoms with Gasteiger partial charge in [0.05, 0.1) is 10.7 Å². The Hall–Kier alpha value is -2.15. The molecule has 7 heteroatoms. The van der Waals surface area contributed by atoms with E-state index in [-0.39, 0.29) is 0 Å². The van der Waals surface area contributed by atoms with E-state index in [0.717, 1.165) is 44.4 Å². The van der Waals surface area contributed by atoms with E-state index >= 15 is 0 Å². The van der Waals surface area contributed by atoms with Crippen LogP contribution in [-0.2, 0) is 12.8 Å². The molecule has 1 fully saturated rings. The highest BCUT2D eigenvalue weighted by Gasteiger charge is 2.42. The summed E-state index contributed by atoms with van der Waals surface area (Å²) in [4.78, 5) is 4.75. The monoisotopic (exact) mass is 438 g/mol. The Morgan fingerprint density at radius 2 is 1.86 bits per heavy atom. The first-order chi connectivity index (χ1) is 14.2. The summed E-state index contributed by atoms with van der Waals surface area (Å²) < 4.78 is 2.14. The summed E-state index contributed by atoms with van der Waals surface area (Å²) in [6.07, 6.45) is 1.15. The maximum absolute atomic E-state index is 6.30. The van der Waals surface area contributed by atoms with Gasteiger partial charge in [0.15, 0.2) is 5.16 Å². The Labute approximate surface area is 183 Å². The number of thioether (sulfide) groups is 1. The number of hydrogen-bond donors (Lipinski definition) is 0. The maximum Gasteiger partial charge on any atom is 0.191 e. The predicted molar refractivity (Wildman–Crippen MR) is 120 cm³/mol. The van der Waals surface area contributed by atoms with Gasteiger partial charge in [-0.3, -0.25) is 0 Å². The van der Waals surface area contributed by atoms with Gasteiger partial charge in [0.25, 0.3) is 0 Å². The largest absolute Gasteiger partial charge is 0.309 e. The molecular formula is C22H19ClN4S2. The molecule has 0 amide bonds. The van der Waals surface area contributed by atoms with Crippen molar-refractivity contribution in [2.75, 3.05) is 0 Å². The Morgan fingerprint density at radius 3 is 2.69 bits per heavy atom. The average Bonchev–Trinajstić information content (AvgIpc) is 3.24. The summed E-state index contributed by atoms with van der Waals surface area (Å²) in [6.45, 7) is 0. The summed E-state index contributed by atoms with van der Waals surface area (Å²) in [7, 11) is 2.06. The van der Waals surface area contributed by atoms with Gasteiger partial charge in [-0.25, -0.2) is 4.98 Å². The Bertz CT molecular complexity index is 1140. The Kier molecular flexibility index (Phi) is 5.16. The van der Waals surface area contributed by atoms with Crippen LogP contribution in [0.25, 0.3) is 10.6 Å². The van der Waals surface area contributed by atoms with E-state index in [1.807, 2.05) is 24.3 Å². The van der Waals surface area contributed by atoms with Crippen molar-refractivity contribution in [2.24, 2.45) is 7.05 Å². The lowest BCUT2D eigenvalue weighted by Gasteiger charge is -2.03. The van der Waals surface area contributed by atoms with Gasteiger partial charge in [-0.15, -0.1) is 21.5 Å². The number of nitrogens with zero attached hydrogens (tertiary/aromatic N) is 4. The van der Waals surface area contributed by atoms with Gasteiger partial charge >= 0.3 is 0 Å². The molecule has 146 valence electrons. The molecule has 0 radical (unpaired) electrons. The highest BCUT2D eigenvalue weighted by molar-refractivity contribution is 7.98. The molecule has 5 rings (SSSR count). The lowest BCUT2D eigenvalue weighted by atomic mass is 10.1. The molecule has 2 aromatic heterocycles. The predicted octanol–water partition coefficient (Wildman–Crippen LogP) is 6.16. The molecule has 4 aromatic rings. The topological polar surface area (TPSA) is 43.6 Å². The summed E-state index contributed by atoms with van der Waals surface area (Å²) in [5.41, 5.74) is 3.41. The van der Waals surface area contributed by atoms with Crippen LogP contribution in [0, 0.1) is 0 Å². The molecule has 0 aliphatic heterocycles. The van der Waals surface area contributed by atoms with Gasteiger partial charge in [-0.05, 0) is 24.0 Å². The van der Waals surface area contributed by atoms with Crippen molar-refractivity contribution in [3.05, 3.63) is 82.1 Å². The zero-order chi connectivity index (χ0) is 19.8. The number of halogens is 1. The van der Waals surface area contributed by atoms with Crippen LogP contribution >= 0.6 is 34.7 Å². The second-order valence-corrected chi connectivity index (χ2v) is 9.38. The molecule has 2 heterocycles. The van der Waals surface area contributed by atoms with Crippen molar-refractivity contribution in [1.29, 1.82) is 0 Å². The fourth-order valence-electron chi connectivity index (χ4n) is 3.59. The summed E-state index contributed by atoms with van der Waals surface area (Å²) in [5, 5.41) is 13.6. The molecule has 2 aromatic carbocycles. The maximum atomic E-state index is 6.30. The average molecular weight is 439 g/mol. The number of rotatable bonds is 6. The van der Waals surface area contributed by atoms with E-state index in [0.29, 0.717) is 11.8 Å². The second kappa shape index (κ2) is 7.94. The molecule has 2 atom stereocenters. The van der Waals surface area contributed by atoms with Gasteiger partial charge in [0.1, 0.15) is 10.8 Å². The molecule has 4 nitrogen and oxygen atoms in total.